The van der Waals surface area contributed by atoms with Crippen LogP contribution in [0.4, 0.5) is 0 Å². The van der Waals surface area contributed by atoms with Gasteiger partial charge >= 0.3 is 0 Å². The molecule has 9 aromatic rings. The van der Waals surface area contributed by atoms with Gasteiger partial charge in [0, 0.05) is 10.8 Å². The van der Waals surface area contributed by atoms with Crippen molar-refractivity contribution in [2.45, 2.75) is 20.8 Å². The lowest BCUT2D eigenvalue weighted by atomic mass is 9.86. The Morgan fingerprint density at radius 3 is 1.72 bits per heavy atom. The van der Waals surface area contributed by atoms with Crippen LogP contribution in [-0.2, 0) is 0 Å². The highest BCUT2D eigenvalue weighted by atomic mass is 16.3. The van der Waals surface area contributed by atoms with Gasteiger partial charge in [-0.05, 0) is 102 Å². The third kappa shape index (κ3) is 6.66. The topological polar surface area (TPSA) is 37.0 Å². The maximum Gasteiger partial charge on any atom is 0.136 e. The van der Waals surface area contributed by atoms with E-state index >= 15 is 0 Å². The molecule has 54 heavy (non-hydrogen) atoms. The first kappa shape index (κ1) is 35.6. The van der Waals surface area contributed by atoms with E-state index in [0.717, 1.165) is 60.5 Å². The number of nitrogens with one attached hydrogen (secondary N) is 1. The summed E-state index contributed by atoms with van der Waals surface area (Å²) >= 11 is 0. The molecule has 0 fully saturated rings. The molecule has 2 heteroatoms. The number of allylic oxidation sites excluding steroid dienone is 4. The predicted octanol–water partition coefficient (Wildman–Crippen LogP) is 15.2. The largest absolute Gasteiger partial charge is 0.456 e. The summed E-state index contributed by atoms with van der Waals surface area (Å²) in [6.45, 7) is 13.8. The summed E-state index contributed by atoms with van der Waals surface area (Å²) in [6, 6.07) is 55.0. The Balaban J connectivity index is 0.000000859. The fourth-order valence-corrected chi connectivity index (χ4v) is 7.32. The molecule has 0 saturated carbocycles. The first-order chi connectivity index (χ1) is 26.6. The van der Waals surface area contributed by atoms with E-state index in [1.54, 1.807) is 6.08 Å². The van der Waals surface area contributed by atoms with Gasteiger partial charge in [0.05, 0.1) is 5.71 Å². The maximum absolute atomic E-state index is 8.95. The molecule has 0 unspecified atom stereocenters. The van der Waals surface area contributed by atoms with Gasteiger partial charge in [-0.1, -0.05) is 172 Å². The molecule has 9 rings (SSSR count). The molecule has 1 aromatic heterocycles. The molecule has 8 aromatic carbocycles. The molecular weight excluding hydrogens is 655 g/mol. The fraction of sp³-hybridized carbons (Fsp3) is 0.0577. The van der Waals surface area contributed by atoms with E-state index in [1.807, 2.05) is 45.1 Å². The Hall–Kier alpha value is -6.77. The molecule has 262 valence electrons. The molecule has 0 amide bonds. The molecular formula is C52H43NO. The van der Waals surface area contributed by atoms with E-state index in [1.165, 1.54) is 32.7 Å². The van der Waals surface area contributed by atoms with Crippen LogP contribution in [0.2, 0.25) is 0 Å². The summed E-state index contributed by atoms with van der Waals surface area (Å²) in [7, 11) is 0. The Bertz CT molecular complexity index is 2780. The Morgan fingerprint density at radius 2 is 1.07 bits per heavy atom. The first-order valence-electron chi connectivity index (χ1n) is 18.5. The molecule has 0 spiro atoms. The smallest absolute Gasteiger partial charge is 0.136 e. The highest BCUT2D eigenvalue weighted by Crippen LogP contribution is 2.42. The number of benzene rings is 8. The van der Waals surface area contributed by atoms with Crippen molar-refractivity contribution >= 4 is 65.5 Å². The lowest BCUT2D eigenvalue weighted by Crippen LogP contribution is -1.95. The first-order valence-corrected chi connectivity index (χ1v) is 18.5. The lowest BCUT2D eigenvalue weighted by Gasteiger charge is -2.17. The van der Waals surface area contributed by atoms with Gasteiger partial charge in [0.1, 0.15) is 11.2 Å². The summed E-state index contributed by atoms with van der Waals surface area (Å²) in [5.41, 5.74) is 9.67. The maximum atomic E-state index is 8.95. The zero-order valence-corrected chi connectivity index (χ0v) is 31.1. The van der Waals surface area contributed by atoms with Crippen molar-refractivity contribution < 1.29 is 4.42 Å². The van der Waals surface area contributed by atoms with Crippen LogP contribution in [0.1, 0.15) is 31.9 Å². The van der Waals surface area contributed by atoms with Gasteiger partial charge < -0.3 is 9.83 Å². The lowest BCUT2D eigenvalue weighted by molar-refractivity contribution is 0.669. The van der Waals surface area contributed by atoms with Gasteiger partial charge in [0.15, 0.2) is 0 Å². The third-order valence-electron chi connectivity index (χ3n) is 9.66. The normalized spacial score (nSPS) is 11.0. The van der Waals surface area contributed by atoms with E-state index in [9.17, 15) is 0 Å². The summed E-state index contributed by atoms with van der Waals surface area (Å²) in [5, 5.41) is 18.3. The molecule has 0 bridgehead atoms. The van der Waals surface area contributed by atoms with Crippen LogP contribution in [-0.4, -0.2) is 5.71 Å². The Morgan fingerprint density at radius 1 is 0.537 bits per heavy atom. The standard InChI is InChI=1S/C47H31NO.C3H6.C2H6/c1-30(45-37-15-7-9-17-39(37)46(34-12-3-2-4-13-34)40-18-10-8-16-38(40)45)19-26-42(48)33-22-20-31(21-23-33)35-25-27-43-41(29-35)47-36-14-6-5-11-32(36)24-28-44(47)49-43;1-3-2;1-2/h2-29,48H,1H2;3H,1H2,2H3;1-2H3/b26-19-,48-42?;;. The second-order valence-electron chi connectivity index (χ2n) is 12.9. The average Bonchev–Trinajstić information content (AvgIpc) is 3.62. The summed E-state index contributed by atoms with van der Waals surface area (Å²) < 4.78 is 6.21. The number of hydrogen-bond donors (Lipinski definition) is 1. The van der Waals surface area contributed by atoms with Gasteiger partial charge in [0.25, 0.3) is 0 Å². The second kappa shape index (κ2) is 15.9. The molecule has 0 saturated heterocycles. The van der Waals surface area contributed by atoms with Crippen molar-refractivity contribution in [1.82, 2.24) is 0 Å². The molecule has 0 aliphatic rings. The predicted molar refractivity (Wildman–Crippen MR) is 236 cm³/mol. The van der Waals surface area contributed by atoms with Crippen molar-refractivity contribution in [2.24, 2.45) is 0 Å². The van der Waals surface area contributed by atoms with Crippen molar-refractivity contribution in [3.05, 3.63) is 200 Å². The van der Waals surface area contributed by atoms with Crippen LogP contribution in [0.3, 0.4) is 0 Å². The van der Waals surface area contributed by atoms with Crippen LogP contribution in [0.25, 0.3) is 82.1 Å². The Kier molecular flexibility index (Phi) is 10.5. The van der Waals surface area contributed by atoms with E-state index < -0.39 is 0 Å². The summed E-state index contributed by atoms with van der Waals surface area (Å²) in [4.78, 5) is 0. The number of furan rings is 1. The van der Waals surface area contributed by atoms with Crippen LogP contribution < -0.4 is 0 Å². The van der Waals surface area contributed by atoms with Crippen molar-refractivity contribution in [3.63, 3.8) is 0 Å². The highest BCUT2D eigenvalue weighted by molar-refractivity contribution is 6.21. The van der Waals surface area contributed by atoms with E-state index in [-0.39, 0.29) is 0 Å². The van der Waals surface area contributed by atoms with Crippen molar-refractivity contribution in [1.29, 1.82) is 5.41 Å². The molecule has 0 atom stereocenters. The average molecular weight is 698 g/mol. The van der Waals surface area contributed by atoms with Crippen molar-refractivity contribution in [2.75, 3.05) is 0 Å². The fourth-order valence-electron chi connectivity index (χ4n) is 7.32. The minimum absolute atomic E-state index is 0.435. The Labute approximate surface area is 317 Å². The minimum atomic E-state index is 0.435. The zero-order valence-electron chi connectivity index (χ0n) is 31.1. The van der Waals surface area contributed by atoms with E-state index in [2.05, 4.69) is 159 Å². The quantitative estimate of drug-likeness (QED) is 0.0798. The van der Waals surface area contributed by atoms with Crippen LogP contribution in [0.15, 0.2) is 194 Å². The van der Waals surface area contributed by atoms with Gasteiger partial charge in [-0.2, -0.15) is 0 Å². The second-order valence-corrected chi connectivity index (χ2v) is 12.9. The molecule has 2 nitrogen and oxygen atoms in total. The molecule has 0 radical (unpaired) electrons. The monoisotopic (exact) mass is 697 g/mol. The number of rotatable bonds is 6. The van der Waals surface area contributed by atoms with Gasteiger partial charge in [-0.3, -0.25) is 0 Å². The van der Waals surface area contributed by atoms with E-state index in [0.29, 0.717) is 5.71 Å². The van der Waals surface area contributed by atoms with Crippen molar-refractivity contribution in [3.8, 4) is 22.3 Å². The van der Waals surface area contributed by atoms with E-state index in [4.69, 9.17) is 9.83 Å². The molecule has 1 heterocycles. The third-order valence-corrected chi connectivity index (χ3v) is 9.66. The van der Waals surface area contributed by atoms with Gasteiger partial charge in [-0.25, -0.2) is 0 Å². The molecule has 0 aliphatic heterocycles. The van der Waals surface area contributed by atoms with Crippen LogP contribution >= 0.6 is 0 Å². The molecule has 0 aliphatic carbocycles. The zero-order chi connectivity index (χ0) is 37.6. The van der Waals surface area contributed by atoms with Gasteiger partial charge in [-0.15, -0.1) is 6.58 Å². The number of hydrogen-bond acceptors (Lipinski definition) is 2. The van der Waals surface area contributed by atoms with Crippen LogP contribution in [0, 0.1) is 5.41 Å². The highest BCUT2D eigenvalue weighted by Gasteiger charge is 2.16. The summed E-state index contributed by atoms with van der Waals surface area (Å²) in [5.74, 6) is 0. The minimum Gasteiger partial charge on any atom is -0.456 e. The van der Waals surface area contributed by atoms with Gasteiger partial charge in [0.2, 0.25) is 0 Å². The summed E-state index contributed by atoms with van der Waals surface area (Å²) in [6.07, 6.45) is 5.59. The molecule has 1 N–H and O–H groups in total. The number of fused-ring (bicyclic) bond motifs is 7. The van der Waals surface area contributed by atoms with Crippen LogP contribution in [0.5, 0.6) is 0 Å². The SMILES string of the molecule is C=C(/C=C\C(=N)c1ccc(-c2ccc3oc4ccc5ccccc5c4c3c2)cc1)c1c2ccccc2c(-c2ccccc2)c2ccccc12.C=CC.CC.